The van der Waals surface area contributed by atoms with Crippen molar-refractivity contribution in [1.82, 2.24) is 4.90 Å². The predicted molar refractivity (Wildman–Crippen MR) is 113 cm³/mol. The Morgan fingerprint density at radius 3 is 2.62 bits per heavy atom. The normalized spacial score (nSPS) is 16.8. The number of ketones is 1. The van der Waals surface area contributed by atoms with Crippen molar-refractivity contribution in [3.05, 3.63) is 63.6 Å². The average molecular weight is 416 g/mol. The third-order valence-electron chi connectivity index (χ3n) is 5.41. The molecule has 0 saturated carbocycles. The van der Waals surface area contributed by atoms with Crippen LogP contribution in [0.1, 0.15) is 35.1 Å². The Labute approximate surface area is 175 Å². The molecule has 0 bridgehead atoms. The van der Waals surface area contributed by atoms with E-state index in [1.165, 1.54) is 16.2 Å². The van der Waals surface area contributed by atoms with E-state index in [0.717, 1.165) is 25.2 Å². The molecule has 2 aromatic rings. The molecule has 7 heteroatoms. The number of quaternary nitrogens is 1. The van der Waals surface area contributed by atoms with Gasteiger partial charge in [0.05, 0.1) is 49.8 Å². The number of amides is 1. The van der Waals surface area contributed by atoms with Crippen LogP contribution in [0.5, 0.6) is 5.75 Å². The summed E-state index contributed by atoms with van der Waals surface area (Å²) in [4.78, 5) is 29.6. The number of methoxy groups -OCH3 is 1. The second-order valence-electron chi connectivity index (χ2n) is 6.95. The molecule has 0 spiro atoms. The topological polar surface area (TPSA) is 71.3 Å². The molecule has 1 amide bonds. The van der Waals surface area contributed by atoms with Gasteiger partial charge in [-0.05, 0) is 43.0 Å². The van der Waals surface area contributed by atoms with E-state index >= 15 is 0 Å². The smallest absolute Gasteiger partial charge is 0.290 e. The van der Waals surface area contributed by atoms with Crippen LogP contribution in [-0.2, 0) is 4.79 Å². The van der Waals surface area contributed by atoms with Crippen LogP contribution in [0.4, 0.5) is 0 Å². The lowest BCUT2D eigenvalue weighted by atomic mass is 9.95. The van der Waals surface area contributed by atoms with E-state index in [1.54, 1.807) is 24.1 Å². The number of aliphatic hydroxyl groups excluding tert-OH is 1. The first-order valence-corrected chi connectivity index (χ1v) is 10.7. The highest BCUT2D eigenvalue weighted by Gasteiger charge is 2.44. The third-order valence-corrected chi connectivity index (χ3v) is 6.28. The van der Waals surface area contributed by atoms with E-state index < -0.39 is 17.7 Å². The second kappa shape index (κ2) is 9.24. The Balaban J connectivity index is 2.02. The van der Waals surface area contributed by atoms with E-state index in [1.807, 2.05) is 29.6 Å². The molecule has 1 atom stereocenters. The minimum atomic E-state index is -0.637. The number of likely N-dealkylation sites (N-methyl/N-ethyl adjacent to an activating group) is 1. The minimum absolute atomic E-state index is 0.139. The van der Waals surface area contributed by atoms with E-state index in [4.69, 9.17) is 4.74 Å². The number of hydrogen-bond donors (Lipinski definition) is 2. The highest BCUT2D eigenvalue weighted by molar-refractivity contribution is 7.12. The number of aliphatic hydroxyl groups is 1. The molecule has 1 aliphatic rings. The van der Waals surface area contributed by atoms with E-state index in [2.05, 4.69) is 13.8 Å². The van der Waals surface area contributed by atoms with Crippen LogP contribution < -0.4 is 9.64 Å². The summed E-state index contributed by atoms with van der Waals surface area (Å²) in [7, 11) is 1.57. The van der Waals surface area contributed by atoms with Crippen LogP contribution in [0, 0.1) is 0 Å². The maximum absolute atomic E-state index is 13.2. The van der Waals surface area contributed by atoms with Crippen molar-refractivity contribution in [2.45, 2.75) is 19.9 Å². The molecular weight excluding hydrogens is 388 g/mol. The van der Waals surface area contributed by atoms with Crippen molar-refractivity contribution in [3.8, 4) is 5.75 Å². The van der Waals surface area contributed by atoms with Crippen molar-refractivity contribution < 1.29 is 24.3 Å². The van der Waals surface area contributed by atoms with Crippen LogP contribution >= 0.6 is 11.3 Å². The zero-order valence-corrected chi connectivity index (χ0v) is 17.8. The number of thiophene rings is 1. The molecule has 154 valence electrons. The van der Waals surface area contributed by atoms with Gasteiger partial charge in [-0.3, -0.25) is 9.59 Å². The highest BCUT2D eigenvalue weighted by atomic mass is 32.1. The Morgan fingerprint density at radius 1 is 1.24 bits per heavy atom. The van der Waals surface area contributed by atoms with Gasteiger partial charge in [0, 0.05) is 0 Å². The summed E-state index contributed by atoms with van der Waals surface area (Å²) in [5, 5.41) is 12.5. The van der Waals surface area contributed by atoms with Gasteiger partial charge in [0.15, 0.2) is 5.76 Å². The van der Waals surface area contributed by atoms with Crippen molar-refractivity contribution >= 4 is 23.0 Å². The standard InChI is InChI=1S/C22H26N2O4S/c1-4-23(5-2)11-12-24-19(15-8-6-9-16(14-15)28-3)18(21(26)22(24)27)20(25)17-10-7-13-29-17/h6-10,13-14,19,26H,4-5,11-12H2,1-3H3/p+1/t19-/m1/s1. The Morgan fingerprint density at radius 2 is 2.00 bits per heavy atom. The van der Waals surface area contributed by atoms with Gasteiger partial charge in [-0.1, -0.05) is 18.2 Å². The molecule has 3 rings (SSSR count). The molecule has 2 heterocycles. The molecule has 0 fully saturated rings. The van der Waals surface area contributed by atoms with Crippen LogP contribution in [0.25, 0.3) is 0 Å². The molecule has 0 aliphatic carbocycles. The number of Topliss-reactive ketones (excluding diaryl/α,β-unsaturated/α-hetero) is 1. The van der Waals surface area contributed by atoms with Crippen molar-refractivity contribution in [3.63, 3.8) is 0 Å². The maximum Gasteiger partial charge on any atom is 0.290 e. The summed E-state index contributed by atoms with van der Waals surface area (Å²) in [5.74, 6) is -0.620. The number of nitrogens with one attached hydrogen (secondary N) is 1. The summed E-state index contributed by atoms with van der Waals surface area (Å²) < 4.78 is 5.34. The number of rotatable bonds is 9. The molecule has 0 unspecified atom stereocenters. The van der Waals surface area contributed by atoms with E-state index in [0.29, 0.717) is 17.2 Å². The van der Waals surface area contributed by atoms with Crippen molar-refractivity contribution in [1.29, 1.82) is 0 Å². The fraction of sp³-hybridized carbons (Fsp3) is 0.364. The molecule has 2 N–H and O–H groups in total. The number of ether oxygens (including phenoxy) is 1. The van der Waals surface area contributed by atoms with Crippen molar-refractivity contribution in [2.24, 2.45) is 0 Å². The number of carbonyl (C=O) groups excluding carboxylic acids is 2. The molecule has 29 heavy (non-hydrogen) atoms. The van der Waals surface area contributed by atoms with Crippen molar-refractivity contribution in [2.75, 3.05) is 33.3 Å². The van der Waals surface area contributed by atoms with Gasteiger partial charge in [-0.2, -0.15) is 0 Å². The first kappa shape index (κ1) is 21.1. The maximum atomic E-state index is 13.2. The molecule has 1 aliphatic heterocycles. The van der Waals surface area contributed by atoms with E-state index in [9.17, 15) is 14.7 Å². The first-order valence-electron chi connectivity index (χ1n) is 9.81. The molecule has 1 aromatic heterocycles. The fourth-order valence-electron chi connectivity index (χ4n) is 3.70. The second-order valence-corrected chi connectivity index (χ2v) is 7.90. The summed E-state index contributed by atoms with van der Waals surface area (Å²) in [6, 6.07) is 10.2. The number of hydrogen-bond acceptors (Lipinski definition) is 5. The number of nitrogens with zero attached hydrogens (tertiary/aromatic N) is 1. The molecule has 6 nitrogen and oxygen atoms in total. The Hall–Kier alpha value is -2.64. The lowest BCUT2D eigenvalue weighted by Crippen LogP contribution is -3.12. The molecule has 0 saturated heterocycles. The van der Waals surface area contributed by atoms with Gasteiger partial charge < -0.3 is 19.6 Å². The fourth-order valence-corrected chi connectivity index (χ4v) is 4.37. The number of carbonyl (C=O) groups is 2. The van der Waals surface area contributed by atoms with Crippen LogP contribution in [0.15, 0.2) is 53.1 Å². The van der Waals surface area contributed by atoms with Crippen LogP contribution in [0.2, 0.25) is 0 Å². The SMILES string of the molecule is CC[NH+](CC)CCN1C(=O)C(O)=C(C(=O)c2cccs2)[C@H]1c1cccc(OC)c1. The zero-order chi connectivity index (χ0) is 21.0. The van der Waals surface area contributed by atoms with Gasteiger partial charge in [0.2, 0.25) is 5.78 Å². The summed E-state index contributed by atoms with van der Waals surface area (Å²) >= 11 is 1.30. The van der Waals surface area contributed by atoms with Gasteiger partial charge in [-0.15, -0.1) is 11.3 Å². The monoisotopic (exact) mass is 415 g/mol. The summed E-state index contributed by atoms with van der Waals surface area (Å²) in [6.07, 6.45) is 0. The highest BCUT2D eigenvalue weighted by Crippen LogP contribution is 2.40. The molecule has 0 radical (unpaired) electrons. The minimum Gasteiger partial charge on any atom is -0.503 e. The van der Waals surface area contributed by atoms with Crippen LogP contribution in [0.3, 0.4) is 0 Å². The largest absolute Gasteiger partial charge is 0.503 e. The van der Waals surface area contributed by atoms with E-state index in [-0.39, 0.29) is 11.4 Å². The predicted octanol–water partition coefficient (Wildman–Crippen LogP) is 2.26. The summed E-state index contributed by atoms with van der Waals surface area (Å²) in [5.41, 5.74) is 0.886. The average Bonchev–Trinajstić information content (AvgIpc) is 3.37. The van der Waals surface area contributed by atoms with Gasteiger partial charge in [0.25, 0.3) is 5.91 Å². The third kappa shape index (κ3) is 4.21. The number of benzene rings is 1. The summed E-state index contributed by atoms with van der Waals surface area (Å²) in [6.45, 7) is 7.29. The first-order chi connectivity index (χ1) is 14.0. The lowest BCUT2D eigenvalue weighted by Gasteiger charge is -2.28. The van der Waals surface area contributed by atoms with Gasteiger partial charge in [0.1, 0.15) is 5.75 Å². The molecular formula is C22H27N2O4S+. The lowest BCUT2D eigenvalue weighted by molar-refractivity contribution is -0.895. The van der Waals surface area contributed by atoms with Gasteiger partial charge >= 0.3 is 0 Å². The quantitative estimate of drug-likeness (QED) is 0.617. The Bertz CT molecular complexity index is 903. The van der Waals surface area contributed by atoms with Crippen LogP contribution in [-0.4, -0.2) is 55.0 Å². The molecule has 1 aromatic carbocycles. The Kier molecular flexibility index (Phi) is 6.71. The zero-order valence-electron chi connectivity index (χ0n) is 17.0. The van der Waals surface area contributed by atoms with Gasteiger partial charge in [-0.25, -0.2) is 0 Å².